The van der Waals surface area contributed by atoms with Gasteiger partial charge in [0.1, 0.15) is 10.8 Å². The van der Waals surface area contributed by atoms with Crippen molar-refractivity contribution in [1.29, 1.82) is 0 Å². The van der Waals surface area contributed by atoms with Gasteiger partial charge in [-0.1, -0.05) is 50.3 Å². The first-order valence-corrected chi connectivity index (χ1v) is 10.7. The van der Waals surface area contributed by atoms with E-state index in [1.54, 1.807) is 13.2 Å². The summed E-state index contributed by atoms with van der Waals surface area (Å²) < 4.78 is 35.4. The van der Waals surface area contributed by atoms with Gasteiger partial charge in [-0.25, -0.2) is 18.1 Å². The van der Waals surface area contributed by atoms with Crippen LogP contribution in [0.1, 0.15) is 43.0 Å². The Bertz CT molecular complexity index is 1020. The van der Waals surface area contributed by atoms with Gasteiger partial charge in [0.2, 0.25) is 4.96 Å². The van der Waals surface area contributed by atoms with Crippen LogP contribution in [0.5, 0.6) is 5.75 Å². The number of para-hydroxylation sites is 1. The number of hydrogen-bond acceptors (Lipinski definition) is 6. The summed E-state index contributed by atoms with van der Waals surface area (Å²) in [6.07, 6.45) is 0.512. The molecule has 0 saturated heterocycles. The molecule has 0 atom stereocenters. The molecule has 1 N–H and O–H groups in total. The van der Waals surface area contributed by atoms with Crippen molar-refractivity contribution >= 4 is 26.3 Å². The first kappa shape index (κ1) is 18.8. The first-order valence-electron chi connectivity index (χ1n) is 8.37. The van der Waals surface area contributed by atoms with Crippen LogP contribution in [-0.4, -0.2) is 30.1 Å². The maximum atomic E-state index is 13.0. The van der Waals surface area contributed by atoms with Gasteiger partial charge < -0.3 is 4.74 Å². The Labute approximate surface area is 157 Å². The summed E-state index contributed by atoms with van der Waals surface area (Å²) in [7, 11) is -2.22. The summed E-state index contributed by atoms with van der Waals surface area (Å²) >= 11 is 1.42. The van der Waals surface area contributed by atoms with Crippen molar-refractivity contribution in [2.45, 2.75) is 44.7 Å². The molecule has 0 radical (unpaired) electrons. The number of ether oxygens (including phenoxy) is 1. The average molecular weight is 395 g/mol. The van der Waals surface area contributed by atoms with Crippen LogP contribution in [-0.2, 0) is 23.0 Å². The number of imidazole rings is 1. The van der Waals surface area contributed by atoms with Crippen molar-refractivity contribution in [3.05, 3.63) is 40.5 Å². The number of benzene rings is 1. The molecule has 2 heterocycles. The van der Waals surface area contributed by atoms with Gasteiger partial charge in [0.25, 0.3) is 10.0 Å². The van der Waals surface area contributed by atoms with Gasteiger partial charge >= 0.3 is 0 Å². The molecule has 0 bridgehead atoms. The van der Waals surface area contributed by atoms with E-state index >= 15 is 0 Å². The standard InChI is InChI=1S/C17H22N4O3S2/c1-5-13-16(21-17(19-13)25-15(20-21)11(2)3)26(22,23)18-10-12-8-6-7-9-14(12)24-4/h6-9,11,18H,5,10H2,1-4H3. The van der Waals surface area contributed by atoms with Gasteiger partial charge in [0.05, 0.1) is 12.8 Å². The molecule has 2 aromatic heterocycles. The third kappa shape index (κ3) is 3.46. The summed E-state index contributed by atoms with van der Waals surface area (Å²) in [5, 5.41) is 5.44. The molecule has 0 fully saturated rings. The van der Waals surface area contributed by atoms with Gasteiger partial charge in [-0.05, 0) is 12.5 Å². The summed E-state index contributed by atoms with van der Waals surface area (Å²) in [4.78, 5) is 5.06. The molecular formula is C17H22N4O3S2. The maximum absolute atomic E-state index is 13.0. The van der Waals surface area contributed by atoms with Gasteiger partial charge in [0, 0.05) is 18.0 Å². The molecule has 0 amide bonds. The SMILES string of the molecule is CCc1nc2sc(C(C)C)nn2c1S(=O)(=O)NCc1ccccc1OC. The largest absolute Gasteiger partial charge is 0.496 e. The quantitative estimate of drug-likeness (QED) is 0.666. The highest BCUT2D eigenvalue weighted by atomic mass is 32.2. The smallest absolute Gasteiger partial charge is 0.260 e. The van der Waals surface area contributed by atoms with E-state index in [9.17, 15) is 8.42 Å². The van der Waals surface area contributed by atoms with E-state index in [4.69, 9.17) is 4.74 Å². The Balaban J connectivity index is 1.98. The van der Waals surface area contributed by atoms with Crippen molar-refractivity contribution in [3.8, 4) is 5.75 Å². The van der Waals surface area contributed by atoms with E-state index in [0.717, 1.165) is 10.6 Å². The van der Waals surface area contributed by atoms with E-state index in [1.807, 2.05) is 39.0 Å². The monoisotopic (exact) mass is 394 g/mol. The van der Waals surface area contributed by atoms with Crippen LogP contribution in [0.3, 0.4) is 0 Å². The summed E-state index contributed by atoms with van der Waals surface area (Å²) in [6, 6.07) is 7.31. The second kappa shape index (κ2) is 7.34. The predicted octanol–water partition coefficient (Wildman–Crippen LogP) is 2.96. The molecule has 0 aliphatic carbocycles. The van der Waals surface area contributed by atoms with Crippen LogP contribution in [0.25, 0.3) is 4.96 Å². The van der Waals surface area contributed by atoms with Crippen molar-refractivity contribution < 1.29 is 13.2 Å². The van der Waals surface area contributed by atoms with Crippen molar-refractivity contribution in [2.75, 3.05) is 7.11 Å². The van der Waals surface area contributed by atoms with Crippen LogP contribution in [0.15, 0.2) is 29.3 Å². The highest BCUT2D eigenvalue weighted by molar-refractivity contribution is 7.89. The van der Waals surface area contributed by atoms with Crippen molar-refractivity contribution in [3.63, 3.8) is 0 Å². The number of nitrogens with zero attached hydrogens (tertiary/aromatic N) is 3. The number of nitrogens with one attached hydrogen (secondary N) is 1. The van der Waals surface area contributed by atoms with Gasteiger partial charge in [-0.15, -0.1) is 0 Å². The summed E-state index contributed by atoms with van der Waals surface area (Å²) in [5.74, 6) is 0.851. The van der Waals surface area contributed by atoms with E-state index in [2.05, 4.69) is 14.8 Å². The second-order valence-electron chi connectivity index (χ2n) is 6.14. The van der Waals surface area contributed by atoms with Crippen LogP contribution >= 0.6 is 11.3 Å². The highest BCUT2D eigenvalue weighted by Gasteiger charge is 2.27. The average Bonchev–Trinajstić information content (AvgIpc) is 3.17. The molecule has 3 rings (SSSR count). The van der Waals surface area contributed by atoms with Crippen LogP contribution < -0.4 is 9.46 Å². The molecule has 0 aliphatic rings. The molecule has 9 heteroatoms. The third-order valence-electron chi connectivity index (χ3n) is 3.97. The summed E-state index contributed by atoms with van der Waals surface area (Å²) in [5.41, 5.74) is 1.28. The van der Waals surface area contributed by atoms with E-state index in [1.165, 1.54) is 15.9 Å². The Morgan fingerprint density at radius 3 is 2.69 bits per heavy atom. The van der Waals surface area contributed by atoms with E-state index in [-0.39, 0.29) is 17.5 Å². The lowest BCUT2D eigenvalue weighted by Crippen LogP contribution is -2.26. The van der Waals surface area contributed by atoms with Crippen LogP contribution in [0.2, 0.25) is 0 Å². The zero-order valence-electron chi connectivity index (χ0n) is 15.2. The molecule has 7 nitrogen and oxygen atoms in total. The molecule has 0 saturated carbocycles. The second-order valence-corrected chi connectivity index (χ2v) is 8.81. The minimum Gasteiger partial charge on any atom is -0.496 e. The number of aromatic nitrogens is 3. The molecule has 0 unspecified atom stereocenters. The lowest BCUT2D eigenvalue weighted by molar-refractivity contribution is 0.409. The molecule has 0 spiro atoms. The fourth-order valence-electron chi connectivity index (χ4n) is 2.61. The Kier molecular flexibility index (Phi) is 5.31. The lowest BCUT2D eigenvalue weighted by atomic mass is 10.2. The Hall–Kier alpha value is -1.97. The zero-order chi connectivity index (χ0) is 18.9. The van der Waals surface area contributed by atoms with E-state index in [0.29, 0.717) is 22.8 Å². The zero-order valence-corrected chi connectivity index (χ0v) is 16.8. The number of rotatable bonds is 7. The van der Waals surface area contributed by atoms with Crippen molar-refractivity contribution in [2.24, 2.45) is 0 Å². The minimum absolute atomic E-state index is 0.119. The first-order chi connectivity index (χ1) is 12.4. The number of fused-ring (bicyclic) bond motifs is 1. The third-order valence-corrected chi connectivity index (χ3v) is 6.62. The number of sulfonamides is 1. The Morgan fingerprint density at radius 2 is 2.04 bits per heavy atom. The fraction of sp³-hybridized carbons (Fsp3) is 0.412. The number of hydrogen-bond donors (Lipinski definition) is 1. The molecule has 26 heavy (non-hydrogen) atoms. The fourth-order valence-corrected chi connectivity index (χ4v) is 4.92. The maximum Gasteiger partial charge on any atom is 0.260 e. The lowest BCUT2D eigenvalue weighted by Gasteiger charge is -2.10. The molecular weight excluding hydrogens is 372 g/mol. The Morgan fingerprint density at radius 1 is 1.31 bits per heavy atom. The van der Waals surface area contributed by atoms with Crippen LogP contribution in [0.4, 0.5) is 0 Å². The molecule has 3 aromatic rings. The van der Waals surface area contributed by atoms with Crippen molar-refractivity contribution in [1.82, 2.24) is 19.3 Å². The normalized spacial score (nSPS) is 12.2. The topological polar surface area (TPSA) is 85.6 Å². The number of methoxy groups -OCH3 is 1. The molecule has 140 valence electrons. The number of aryl methyl sites for hydroxylation is 1. The highest BCUT2D eigenvalue weighted by Crippen LogP contribution is 2.27. The minimum atomic E-state index is -3.78. The van der Waals surface area contributed by atoms with Gasteiger partial charge in [-0.3, -0.25) is 0 Å². The molecule has 0 aliphatic heterocycles. The van der Waals surface area contributed by atoms with Gasteiger partial charge in [-0.2, -0.15) is 9.61 Å². The van der Waals surface area contributed by atoms with Crippen LogP contribution in [0, 0.1) is 0 Å². The van der Waals surface area contributed by atoms with E-state index < -0.39 is 10.0 Å². The summed E-state index contributed by atoms with van der Waals surface area (Å²) in [6.45, 7) is 6.05. The predicted molar refractivity (Wildman–Crippen MR) is 101 cm³/mol. The van der Waals surface area contributed by atoms with Gasteiger partial charge in [0.15, 0.2) is 5.03 Å². The molecule has 1 aromatic carbocycles.